The Kier molecular flexibility index (Phi) is 8.68. The molecule has 0 amide bonds. The predicted molar refractivity (Wildman–Crippen MR) is 223 cm³/mol. The minimum absolute atomic E-state index is 0.386. The van der Waals surface area contributed by atoms with Crippen LogP contribution < -0.4 is 0 Å². The highest BCUT2D eigenvalue weighted by Crippen LogP contribution is 2.47. The molecule has 8 aromatic rings. The molecule has 8 rings (SSSR count). The van der Waals surface area contributed by atoms with Crippen molar-refractivity contribution in [1.29, 1.82) is 0 Å². The summed E-state index contributed by atoms with van der Waals surface area (Å²) in [6.07, 6.45) is 3.11. The van der Waals surface area contributed by atoms with Crippen LogP contribution in [0.2, 0.25) is 0 Å². The molecule has 0 aliphatic carbocycles. The number of fused-ring (bicyclic) bond motifs is 3. The van der Waals surface area contributed by atoms with Gasteiger partial charge in [-0.15, -0.1) is 0 Å². The van der Waals surface area contributed by atoms with Crippen molar-refractivity contribution in [3.63, 3.8) is 0 Å². The highest BCUT2D eigenvalue weighted by molar-refractivity contribution is 6.24. The van der Waals surface area contributed by atoms with Gasteiger partial charge in [0.1, 0.15) is 0 Å². The summed E-state index contributed by atoms with van der Waals surface area (Å²) in [5.74, 6) is 0.386. The monoisotopic (exact) mass is 654 g/mol. The van der Waals surface area contributed by atoms with Gasteiger partial charge in [0, 0.05) is 0 Å². The van der Waals surface area contributed by atoms with Crippen LogP contribution in [0.15, 0.2) is 176 Å². The third kappa shape index (κ3) is 5.77. The van der Waals surface area contributed by atoms with Crippen molar-refractivity contribution in [1.82, 2.24) is 0 Å². The van der Waals surface area contributed by atoms with E-state index in [1.54, 1.807) is 0 Å². The van der Waals surface area contributed by atoms with E-state index in [1.165, 1.54) is 93.5 Å². The highest BCUT2D eigenvalue weighted by Gasteiger charge is 2.20. The van der Waals surface area contributed by atoms with Crippen LogP contribution in [0.1, 0.15) is 37.0 Å². The van der Waals surface area contributed by atoms with Crippen LogP contribution in [0.25, 0.3) is 76.8 Å². The first-order valence-electron chi connectivity index (χ1n) is 18.1. The molecular formula is C51H42. The molecule has 0 fully saturated rings. The zero-order valence-corrected chi connectivity index (χ0v) is 29.7. The van der Waals surface area contributed by atoms with Crippen molar-refractivity contribution >= 4 is 43.5 Å². The maximum absolute atomic E-state index is 4.34. The third-order valence-electron chi connectivity index (χ3n) is 10.6. The van der Waals surface area contributed by atoms with E-state index in [-0.39, 0.29) is 0 Å². The van der Waals surface area contributed by atoms with Crippen molar-refractivity contribution in [3.8, 4) is 33.4 Å². The van der Waals surface area contributed by atoms with E-state index < -0.39 is 0 Å². The van der Waals surface area contributed by atoms with Gasteiger partial charge < -0.3 is 0 Å². The van der Waals surface area contributed by atoms with Crippen LogP contribution in [0.3, 0.4) is 0 Å². The second-order valence-corrected chi connectivity index (χ2v) is 13.7. The number of benzene rings is 8. The molecule has 0 bridgehead atoms. The van der Waals surface area contributed by atoms with Crippen molar-refractivity contribution in [2.24, 2.45) is 5.92 Å². The lowest BCUT2D eigenvalue weighted by atomic mass is 9.82. The van der Waals surface area contributed by atoms with Crippen molar-refractivity contribution in [2.45, 2.75) is 27.2 Å². The summed E-state index contributed by atoms with van der Waals surface area (Å²) in [7, 11) is 0. The Bertz CT molecular complexity index is 2520. The van der Waals surface area contributed by atoms with E-state index in [0.29, 0.717) is 5.92 Å². The second-order valence-electron chi connectivity index (χ2n) is 13.7. The number of hydrogen-bond donors (Lipinski definition) is 0. The average Bonchev–Trinajstić information content (AvgIpc) is 3.19. The van der Waals surface area contributed by atoms with Gasteiger partial charge in [0.05, 0.1) is 0 Å². The lowest BCUT2D eigenvalue weighted by Gasteiger charge is -2.21. The van der Waals surface area contributed by atoms with Crippen LogP contribution in [0.4, 0.5) is 0 Å². The molecule has 8 aromatic carbocycles. The van der Waals surface area contributed by atoms with E-state index in [2.05, 4.69) is 197 Å². The number of aryl methyl sites for hydroxylation is 1. The van der Waals surface area contributed by atoms with Gasteiger partial charge in [-0.1, -0.05) is 190 Å². The first-order valence-corrected chi connectivity index (χ1v) is 18.1. The van der Waals surface area contributed by atoms with Crippen LogP contribution in [-0.4, -0.2) is 0 Å². The molecule has 0 spiro atoms. The molecule has 51 heavy (non-hydrogen) atoms. The summed E-state index contributed by atoms with van der Waals surface area (Å²) in [5, 5.41) is 7.56. The maximum atomic E-state index is 4.34. The largest absolute Gasteiger partial charge is 0.0984 e. The summed E-state index contributed by atoms with van der Waals surface area (Å²) < 4.78 is 0. The molecule has 0 nitrogen and oxygen atoms in total. The van der Waals surface area contributed by atoms with Crippen molar-refractivity contribution in [3.05, 3.63) is 193 Å². The number of allylic oxidation sites excluding steroid dienone is 3. The van der Waals surface area contributed by atoms with Crippen molar-refractivity contribution < 1.29 is 0 Å². The van der Waals surface area contributed by atoms with Gasteiger partial charge >= 0.3 is 0 Å². The van der Waals surface area contributed by atoms with Gasteiger partial charge in [0.25, 0.3) is 0 Å². The quantitative estimate of drug-likeness (QED) is 0.0869. The lowest BCUT2D eigenvalue weighted by molar-refractivity contribution is 0.719. The van der Waals surface area contributed by atoms with Crippen LogP contribution in [-0.2, 0) is 0 Å². The molecule has 0 heteroatoms. The Morgan fingerprint density at radius 2 is 1.02 bits per heavy atom. The molecule has 0 saturated carbocycles. The van der Waals surface area contributed by atoms with Crippen molar-refractivity contribution in [2.75, 3.05) is 0 Å². The van der Waals surface area contributed by atoms with Crippen LogP contribution in [0.5, 0.6) is 0 Å². The van der Waals surface area contributed by atoms with E-state index >= 15 is 0 Å². The molecule has 0 unspecified atom stereocenters. The maximum Gasteiger partial charge on any atom is -0.00201 e. The SMILES string of the molecule is C=C/C(=C(/c1ccccc1)[C@H](C)CC)c1cccc(-c2c3ccccc3c(-c3ccc(-c4ccc(C)cc4)c4ccccc34)c3ccccc23)c1. The molecule has 0 radical (unpaired) electrons. The molecule has 0 aromatic heterocycles. The van der Waals surface area contributed by atoms with Gasteiger partial charge in [-0.25, -0.2) is 0 Å². The van der Waals surface area contributed by atoms with E-state index in [4.69, 9.17) is 0 Å². The average molecular weight is 655 g/mol. The second kappa shape index (κ2) is 13.7. The molecule has 1 atom stereocenters. The summed E-state index contributed by atoms with van der Waals surface area (Å²) in [4.78, 5) is 0. The molecular weight excluding hydrogens is 613 g/mol. The molecule has 0 aliphatic rings. The first kappa shape index (κ1) is 32.2. The number of hydrogen-bond acceptors (Lipinski definition) is 0. The Morgan fingerprint density at radius 1 is 0.510 bits per heavy atom. The van der Waals surface area contributed by atoms with Gasteiger partial charge in [-0.05, 0) is 113 Å². The van der Waals surface area contributed by atoms with E-state index in [9.17, 15) is 0 Å². The first-order chi connectivity index (χ1) is 25.1. The summed E-state index contributed by atoms with van der Waals surface area (Å²) in [5.41, 5.74) is 13.8. The summed E-state index contributed by atoms with van der Waals surface area (Å²) in [6.45, 7) is 11.1. The Hall–Kier alpha value is -5.98. The number of rotatable bonds is 8. The summed E-state index contributed by atoms with van der Waals surface area (Å²) >= 11 is 0. The van der Waals surface area contributed by atoms with Crippen LogP contribution in [0, 0.1) is 12.8 Å². The molecule has 0 saturated heterocycles. The lowest BCUT2D eigenvalue weighted by Crippen LogP contribution is -2.01. The smallest absolute Gasteiger partial charge is 0.00201 e. The minimum atomic E-state index is 0.386. The van der Waals surface area contributed by atoms with E-state index in [0.717, 1.165) is 6.42 Å². The minimum Gasteiger partial charge on any atom is -0.0984 e. The van der Waals surface area contributed by atoms with Gasteiger partial charge in [-0.3, -0.25) is 0 Å². The fourth-order valence-electron chi connectivity index (χ4n) is 7.98. The van der Waals surface area contributed by atoms with Gasteiger partial charge in [0.2, 0.25) is 0 Å². The topological polar surface area (TPSA) is 0 Å². The zero-order chi connectivity index (χ0) is 34.9. The fourth-order valence-corrected chi connectivity index (χ4v) is 7.98. The molecule has 0 N–H and O–H groups in total. The standard InChI is InChI=1S/C51H42/c1-5-35(4)49(37-17-8-7-9-18-37)40(6-2)38-19-16-20-39(33-38)50-44-23-12-14-25-46(44)51(47-26-15-13-24-45(47)50)48-32-31-41(36-29-27-34(3)28-30-36)42-21-10-11-22-43(42)48/h6-33,35H,2,5H2,1,3-4H3/b49-40-/t35-/m1/s1. The normalized spacial score (nSPS) is 12.6. The fraction of sp³-hybridized carbons (Fsp3) is 0.0980. The van der Waals surface area contributed by atoms with E-state index in [1.807, 2.05) is 0 Å². The van der Waals surface area contributed by atoms with Crippen LogP contribution >= 0.6 is 0 Å². The molecule has 0 aliphatic heterocycles. The van der Waals surface area contributed by atoms with Gasteiger partial charge in [0.15, 0.2) is 0 Å². The third-order valence-corrected chi connectivity index (χ3v) is 10.6. The Morgan fingerprint density at radius 3 is 1.61 bits per heavy atom. The van der Waals surface area contributed by atoms with Gasteiger partial charge in [-0.2, -0.15) is 0 Å². The summed E-state index contributed by atoms with van der Waals surface area (Å²) in [6, 6.07) is 60.3. The molecule has 0 heterocycles. The Balaban J connectivity index is 1.39. The molecule has 246 valence electrons. The Labute approximate surface area is 302 Å². The highest BCUT2D eigenvalue weighted by atomic mass is 14.2. The predicted octanol–water partition coefficient (Wildman–Crippen LogP) is 14.6. The zero-order valence-electron chi connectivity index (χ0n) is 29.7.